The monoisotopic (exact) mass is 321 g/mol. The SMILES string of the molecule is CCNC(=O)CC[C@H](N)C(=O)N[C@@H](Cc1ccccc1)C(=O)O. The summed E-state index contributed by atoms with van der Waals surface area (Å²) in [7, 11) is 0. The highest BCUT2D eigenvalue weighted by atomic mass is 16.4. The summed E-state index contributed by atoms with van der Waals surface area (Å²) >= 11 is 0. The van der Waals surface area contributed by atoms with E-state index < -0.39 is 24.0 Å². The number of nitrogens with two attached hydrogens (primary N) is 1. The molecule has 5 N–H and O–H groups in total. The van der Waals surface area contributed by atoms with E-state index in [1.54, 1.807) is 31.2 Å². The fourth-order valence-corrected chi connectivity index (χ4v) is 2.03. The molecule has 23 heavy (non-hydrogen) atoms. The second-order valence-electron chi connectivity index (χ2n) is 5.19. The summed E-state index contributed by atoms with van der Waals surface area (Å²) in [6.45, 7) is 2.31. The van der Waals surface area contributed by atoms with Crippen LogP contribution in [0.2, 0.25) is 0 Å². The minimum atomic E-state index is -1.13. The predicted octanol–water partition coefficient (Wildman–Crippen LogP) is 0.0421. The highest BCUT2D eigenvalue weighted by molar-refractivity contribution is 5.87. The number of benzene rings is 1. The lowest BCUT2D eigenvalue weighted by Crippen LogP contribution is -2.49. The Kier molecular flexibility index (Phi) is 7.76. The number of hydrogen-bond acceptors (Lipinski definition) is 4. The molecule has 0 unspecified atom stereocenters. The third-order valence-electron chi connectivity index (χ3n) is 3.29. The van der Waals surface area contributed by atoms with Crippen LogP contribution in [0.25, 0.3) is 0 Å². The number of rotatable bonds is 9. The molecule has 0 aliphatic rings. The molecular formula is C16H23N3O4. The van der Waals surface area contributed by atoms with Gasteiger partial charge in [0, 0.05) is 19.4 Å². The molecular weight excluding hydrogens is 298 g/mol. The Labute approximate surface area is 135 Å². The van der Waals surface area contributed by atoms with Crippen molar-refractivity contribution < 1.29 is 19.5 Å². The van der Waals surface area contributed by atoms with Crippen LogP contribution in [0.1, 0.15) is 25.3 Å². The fraction of sp³-hybridized carbons (Fsp3) is 0.438. The van der Waals surface area contributed by atoms with Crippen LogP contribution in [0, 0.1) is 0 Å². The lowest BCUT2D eigenvalue weighted by molar-refractivity contribution is -0.142. The number of aliphatic carboxylic acids is 1. The predicted molar refractivity (Wildman–Crippen MR) is 85.6 cm³/mol. The summed E-state index contributed by atoms with van der Waals surface area (Å²) in [6.07, 6.45) is 0.457. The lowest BCUT2D eigenvalue weighted by atomic mass is 10.0. The minimum absolute atomic E-state index is 0.124. The van der Waals surface area contributed by atoms with Gasteiger partial charge in [0.05, 0.1) is 6.04 Å². The van der Waals surface area contributed by atoms with Crippen LogP contribution in [0.4, 0.5) is 0 Å². The lowest BCUT2D eigenvalue weighted by Gasteiger charge is -2.18. The number of carbonyl (C=O) groups is 3. The molecule has 0 spiro atoms. The molecule has 1 aromatic rings. The van der Waals surface area contributed by atoms with Crippen molar-refractivity contribution in [1.29, 1.82) is 0 Å². The van der Waals surface area contributed by atoms with Crippen molar-refractivity contribution >= 4 is 17.8 Å². The van der Waals surface area contributed by atoms with Crippen LogP contribution >= 0.6 is 0 Å². The average Bonchev–Trinajstić information content (AvgIpc) is 2.53. The first-order chi connectivity index (χ1) is 10.9. The minimum Gasteiger partial charge on any atom is -0.480 e. The Morgan fingerprint density at radius 1 is 1.22 bits per heavy atom. The number of carbonyl (C=O) groups excluding carboxylic acids is 2. The summed E-state index contributed by atoms with van der Waals surface area (Å²) in [6, 6.07) is 7.03. The summed E-state index contributed by atoms with van der Waals surface area (Å²) in [5, 5.41) is 14.3. The van der Waals surface area contributed by atoms with Crippen molar-refractivity contribution in [3.05, 3.63) is 35.9 Å². The Balaban J connectivity index is 2.53. The van der Waals surface area contributed by atoms with Crippen LogP contribution in [-0.2, 0) is 20.8 Å². The molecule has 0 aliphatic heterocycles. The third kappa shape index (κ3) is 6.92. The molecule has 1 aromatic carbocycles. The van der Waals surface area contributed by atoms with Gasteiger partial charge in [0.2, 0.25) is 11.8 Å². The van der Waals surface area contributed by atoms with Gasteiger partial charge in [-0.25, -0.2) is 4.79 Å². The number of amides is 2. The highest BCUT2D eigenvalue weighted by Gasteiger charge is 2.23. The van der Waals surface area contributed by atoms with Gasteiger partial charge in [-0.1, -0.05) is 30.3 Å². The maximum Gasteiger partial charge on any atom is 0.326 e. The van der Waals surface area contributed by atoms with Crippen molar-refractivity contribution in [3.8, 4) is 0 Å². The van der Waals surface area contributed by atoms with Gasteiger partial charge in [0.15, 0.2) is 0 Å². The first kappa shape index (κ1) is 18.6. The topological polar surface area (TPSA) is 122 Å². The Bertz CT molecular complexity index is 533. The summed E-state index contributed by atoms with van der Waals surface area (Å²) < 4.78 is 0. The van der Waals surface area contributed by atoms with E-state index in [0.29, 0.717) is 6.54 Å². The third-order valence-corrected chi connectivity index (χ3v) is 3.29. The molecule has 0 heterocycles. The summed E-state index contributed by atoms with van der Waals surface area (Å²) in [5.41, 5.74) is 6.52. The molecule has 0 fully saturated rings. The molecule has 0 aliphatic carbocycles. The largest absolute Gasteiger partial charge is 0.480 e. The molecule has 2 amide bonds. The molecule has 2 atom stereocenters. The van der Waals surface area contributed by atoms with Crippen molar-refractivity contribution in [3.63, 3.8) is 0 Å². The molecule has 0 saturated carbocycles. The molecule has 126 valence electrons. The van der Waals surface area contributed by atoms with Gasteiger partial charge >= 0.3 is 5.97 Å². The van der Waals surface area contributed by atoms with Gasteiger partial charge in [-0.2, -0.15) is 0 Å². The van der Waals surface area contributed by atoms with Gasteiger partial charge < -0.3 is 21.5 Å². The number of carboxylic acid groups (broad SMARTS) is 1. The smallest absolute Gasteiger partial charge is 0.326 e. The van der Waals surface area contributed by atoms with Crippen molar-refractivity contribution in [2.45, 2.75) is 38.3 Å². The van der Waals surface area contributed by atoms with Crippen LogP contribution in [0.3, 0.4) is 0 Å². The quantitative estimate of drug-likeness (QED) is 0.512. The van der Waals surface area contributed by atoms with Gasteiger partial charge in [0.25, 0.3) is 0 Å². The molecule has 1 rings (SSSR count). The maximum atomic E-state index is 12.0. The zero-order valence-corrected chi connectivity index (χ0v) is 13.1. The molecule has 0 saturated heterocycles. The first-order valence-electron chi connectivity index (χ1n) is 7.53. The van der Waals surface area contributed by atoms with Crippen LogP contribution < -0.4 is 16.4 Å². The van der Waals surface area contributed by atoms with E-state index in [9.17, 15) is 19.5 Å². The van der Waals surface area contributed by atoms with E-state index in [-0.39, 0.29) is 25.2 Å². The first-order valence-corrected chi connectivity index (χ1v) is 7.53. The number of nitrogens with one attached hydrogen (secondary N) is 2. The highest BCUT2D eigenvalue weighted by Crippen LogP contribution is 2.04. The molecule has 0 radical (unpaired) electrons. The van der Waals surface area contributed by atoms with Crippen LogP contribution in [0.5, 0.6) is 0 Å². The second-order valence-corrected chi connectivity index (χ2v) is 5.19. The normalized spacial score (nSPS) is 13.0. The molecule has 7 heteroatoms. The van der Waals surface area contributed by atoms with E-state index >= 15 is 0 Å². The van der Waals surface area contributed by atoms with Crippen molar-refractivity contribution in [2.75, 3.05) is 6.54 Å². The van der Waals surface area contributed by atoms with Gasteiger partial charge in [0.1, 0.15) is 6.04 Å². The van der Waals surface area contributed by atoms with E-state index in [0.717, 1.165) is 5.56 Å². The Hall–Kier alpha value is -2.41. The average molecular weight is 321 g/mol. The summed E-state index contributed by atoms with van der Waals surface area (Å²) in [5.74, 6) is -1.88. The van der Waals surface area contributed by atoms with E-state index in [1.165, 1.54) is 0 Å². The molecule has 0 bridgehead atoms. The number of hydrogen-bond donors (Lipinski definition) is 4. The van der Waals surface area contributed by atoms with Gasteiger partial charge in [-0.15, -0.1) is 0 Å². The Morgan fingerprint density at radius 3 is 2.43 bits per heavy atom. The Morgan fingerprint density at radius 2 is 1.87 bits per heavy atom. The zero-order valence-electron chi connectivity index (χ0n) is 13.1. The molecule has 7 nitrogen and oxygen atoms in total. The van der Waals surface area contributed by atoms with Crippen molar-refractivity contribution in [1.82, 2.24) is 10.6 Å². The van der Waals surface area contributed by atoms with Gasteiger partial charge in [-0.05, 0) is 18.9 Å². The van der Waals surface area contributed by atoms with Crippen LogP contribution in [0.15, 0.2) is 30.3 Å². The standard InChI is InChI=1S/C16H23N3O4/c1-2-18-14(20)9-8-12(17)15(21)19-13(16(22)23)10-11-6-4-3-5-7-11/h3-7,12-13H,2,8-10,17H2,1H3,(H,18,20)(H,19,21)(H,22,23)/t12-,13-/m0/s1. The van der Waals surface area contributed by atoms with Gasteiger partial charge in [-0.3, -0.25) is 9.59 Å². The maximum absolute atomic E-state index is 12.0. The number of carboxylic acids is 1. The van der Waals surface area contributed by atoms with E-state index in [4.69, 9.17) is 5.73 Å². The molecule has 0 aromatic heterocycles. The zero-order chi connectivity index (χ0) is 17.2. The van der Waals surface area contributed by atoms with Crippen molar-refractivity contribution in [2.24, 2.45) is 5.73 Å². The van der Waals surface area contributed by atoms with E-state index in [2.05, 4.69) is 10.6 Å². The van der Waals surface area contributed by atoms with E-state index in [1.807, 2.05) is 6.07 Å². The summed E-state index contributed by atoms with van der Waals surface area (Å²) in [4.78, 5) is 34.6. The fourth-order valence-electron chi connectivity index (χ4n) is 2.03. The van der Waals surface area contributed by atoms with Crippen LogP contribution in [-0.4, -0.2) is 41.5 Å². The second kappa shape index (κ2) is 9.58.